The van der Waals surface area contributed by atoms with Gasteiger partial charge in [0.2, 0.25) is 0 Å². The molecule has 18 heavy (non-hydrogen) atoms. The van der Waals surface area contributed by atoms with E-state index in [1.54, 1.807) is 11.1 Å². The molecule has 8 heteroatoms. The number of nitrogen functional groups attached to an aromatic ring is 1. The summed E-state index contributed by atoms with van der Waals surface area (Å²) in [7, 11) is -3.76. The van der Waals surface area contributed by atoms with Crippen LogP contribution in [0.15, 0.2) is 23.1 Å². The van der Waals surface area contributed by atoms with Crippen LogP contribution in [0.1, 0.15) is 0 Å². The number of halogens is 1. The summed E-state index contributed by atoms with van der Waals surface area (Å²) in [6.07, 6.45) is 0. The number of anilines is 1. The van der Waals surface area contributed by atoms with Crippen molar-refractivity contribution in [2.45, 2.75) is 4.90 Å². The number of benzene rings is 1. The van der Waals surface area contributed by atoms with Gasteiger partial charge >= 0.3 is 0 Å². The minimum atomic E-state index is -3.76. The van der Waals surface area contributed by atoms with Crippen LogP contribution in [0.4, 0.5) is 5.69 Å². The molecule has 1 fully saturated rings. The van der Waals surface area contributed by atoms with E-state index in [-0.39, 0.29) is 15.6 Å². The molecule has 6 nitrogen and oxygen atoms in total. The second-order valence-corrected chi connectivity index (χ2v) is 5.86. The minimum absolute atomic E-state index is 0.0850. The van der Waals surface area contributed by atoms with Crippen LogP contribution < -0.4 is 10.6 Å². The second-order valence-electron chi connectivity index (χ2n) is 3.85. The van der Waals surface area contributed by atoms with Crippen LogP contribution in [0.25, 0.3) is 0 Å². The Morgan fingerprint density at radius 2 is 2.00 bits per heavy atom. The topological polar surface area (TPSA) is 84.7 Å². The lowest BCUT2D eigenvalue weighted by Crippen LogP contribution is -2.48. The molecule has 0 bridgehead atoms. The molecule has 0 radical (unpaired) electrons. The Morgan fingerprint density at radius 3 is 2.61 bits per heavy atom. The van der Waals surface area contributed by atoms with Gasteiger partial charge in [0, 0.05) is 13.1 Å². The number of hydrogen-bond acceptors (Lipinski definition) is 5. The van der Waals surface area contributed by atoms with Gasteiger partial charge in [-0.05, 0) is 12.1 Å². The molecule has 1 aliphatic rings. The molecule has 3 N–H and O–H groups in total. The third kappa shape index (κ3) is 2.93. The van der Waals surface area contributed by atoms with Crippen LogP contribution in [0.3, 0.4) is 0 Å². The zero-order chi connectivity index (χ0) is 13.2. The van der Waals surface area contributed by atoms with Crippen LogP contribution in [-0.4, -0.2) is 39.7 Å². The molecule has 0 unspecified atom stereocenters. The number of ether oxygens (including phenoxy) is 1. The van der Waals surface area contributed by atoms with E-state index in [2.05, 4.69) is 4.83 Å². The predicted molar refractivity (Wildman–Crippen MR) is 68.6 cm³/mol. The van der Waals surface area contributed by atoms with Gasteiger partial charge in [0.15, 0.2) is 0 Å². The van der Waals surface area contributed by atoms with E-state index in [9.17, 15) is 8.42 Å². The molecular formula is C10H14ClN3O3S. The number of nitrogens with zero attached hydrogens (tertiary/aromatic N) is 1. The fraction of sp³-hybridized carbons (Fsp3) is 0.400. The molecule has 0 saturated carbocycles. The second kappa shape index (κ2) is 5.41. The molecule has 1 aromatic rings. The zero-order valence-electron chi connectivity index (χ0n) is 9.60. The summed E-state index contributed by atoms with van der Waals surface area (Å²) in [6, 6.07) is 4.59. The Balaban J connectivity index is 2.25. The van der Waals surface area contributed by atoms with Crippen molar-refractivity contribution < 1.29 is 13.2 Å². The maximum atomic E-state index is 12.2. The molecule has 1 aromatic carbocycles. The first-order valence-electron chi connectivity index (χ1n) is 5.40. The lowest BCUT2D eigenvalue weighted by atomic mass is 10.3. The minimum Gasteiger partial charge on any atom is -0.398 e. The largest absolute Gasteiger partial charge is 0.398 e. The van der Waals surface area contributed by atoms with Crippen LogP contribution in [0, 0.1) is 0 Å². The number of nitrogens with two attached hydrogens (primary N) is 1. The Kier molecular flexibility index (Phi) is 4.08. The molecular weight excluding hydrogens is 278 g/mol. The van der Waals surface area contributed by atoms with Gasteiger partial charge in [-0.1, -0.05) is 17.7 Å². The van der Waals surface area contributed by atoms with Crippen molar-refractivity contribution >= 4 is 27.3 Å². The van der Waals surface area contributed by atoms with Gasteiger partial charge in [-0.25, -0.2) is 13.4 Å². The number of hydrazine groups is 1. The average molecular weight is 292 g/mol. The maximum Gasteiger partial charge on any atom is 0.256 e. The fourth-order valence-corrected chi connectivity index (χ4v) is 3.48. The first-order valence-corrected chi connectivity index (χ1v) is 7.26. The lowest BCUT2D eigenvalue weighted by molar-refractivity contribution is 0.0272. The first-order chi connectivity index (χ1) is 8.50. The predicted octanol–water partition coefficient (Wildman–Crippen LogP) is 0.448. The highest BCUT2D eigenvalue weighted by atomic mass is 35.5. The molecule has 1 heterocycles. The fourth-order valence-electron chi connectivity index (χ4n) is 1.68. The van der Waals surface area contributed by atoms with E-state index in [1.165, 1.54) is 12.1 Å². The summed E-state index contributed by atoms with van der Waals surface area (Å²) < 4.78 is 29.5. The van der Waals surface area contributed by atoms with Crippen molar-refractivity contribution in [2.75, 3.05) is 32.0 Å². The normalized spacial score (nSPS) is 17.8. The maximum absolute atomic E-state index is 12.2. The van der Waals surface area contributed by atoms with Crippen molar-refractivity contribution in [3.8, 4) is 0 Å². The number of morpholine rings is 1. The molecule has 1 saturated heterocycles. The van der Waals surface area contributed by atoms with Crippen molar-refractivity contribution in [1.82, 2.24) is 9.84 Å². The molecule has 0 aliphatic carbocycles. The highest BCUT2D eigenvalue weighted by Crippen LogP contribution is 2.26. The van der Waals surface area contributed by atoms with E-state index in [0.29, 0.717) is 26.3 Å². The highest BCUT2D eigenvalue weighted by Gasteiger charge is 2.24. The summed E-state index contributed by atoms with van der Waals surface area (Å²) in [5.74, 6) is 0. The van der Waals surface area contributed by atoms with Gasteiger partial charge in [0.25, 0.3) is 10.0 Å². The van der Waals surface area contributed by atoms with Crippen molar-refractivity contribution in [3.05, 3.63) is 23.2 Å². The quantitative estimate of drug-likeness (QED) is 0.790. The SMILES string of the molecule is Nc1cccc(Cl)c1S(=O)(=O)NN1CCOCC1. The van der Waals surface area contributed by atoms with E-state index >= 15 is 0 Å². The summed E-state index contributed by atoms with van der Waals surface area (Å²) >= 11 is 5.89. The zero-order valence-corrected chi connectivity index (χ0v) is 11.2. The van der Waals surface area contributed by atoms with Gasteiger partial charge in [-0.3, -0.25) is 0 Å². The van der Waals surface area contributed by atoms with Crippen molar-refractivity contribution in [2.24, 2.45) is 0 Å². The number of sulfonamides is 1. The first kappa shape index (κ1) is 13.6. The summed E-state index contributed by atoms with van der Waals surface area (Å²) in [4.78, 5) is 2.37. The molecule has 0 atom stereocenters. The van der Waals surface area contributed by atoms with Crippen LogP contribution in [0.2, 0.25) is 5.02 Å². The monoisotopic (exact) mass is 291 g/mol. The standard InChI is InChI=1S/C10H14ClN3O3S/c11-8-2-1-3-9(12)10(8)18(15,16)13-14-4-6-17-7-5-14/h1-3,13H,4-7,12H2. The van der Waals surface area contributed by atoms with Crippen molar-refractivity contribution in [3.63, 3.8) is 0 Å². The summed E-state index contributed by atoms with van der Waals surface area (Å²) in [5.41, 5.74) is 5.79. The molecule has 0 amide bonds. The van der Waals surface area contributed by atoms with Gasteiger partial charge in [0.1, 0.15) is 4.90 Å². The molecule has 0 aromatic heterocycles. The number of hydrogen-bond donors (Lipinski definition) is 2. The van der Waals surface area contributed by atoms with Gasteiger partial charge in [-0.15, -0.1) is 4.83 Å². The summed E-state index contributed by atoms with van der Waals surface area (Å²) in [5, 5.41) is 1.68. The molecule has 2 rings (SSSR count). The van der Waals surface area contributed by atoms with E-state index < -0.39 is 10.0 Å². The smallest absolute Gasteiger partial charge is 0.256 e. The van der Waals surface area contributed by atoms with Crippen LogP contribution in [-0.2, 0) is 14.8 Å². The van der Waals surface area contributed by atoms with E-state index in [4.69, 9.17) is 22.1 Å². The van der Waals surface area contributed by atoms with E-state index in [1.807, 2.05) is 0 Å². The number of nitrogens with one attached hydrogen (secondary N) is 1. The highest BCUT2D eigenvalue weighted by molar-refractivity contribution is 7.89. The third-order valence-corrected chi connectivity index (χ3v) is 4.45. The lowest BCUT2D eigenvalue weighted by Gasteiger charge is -2.27. The summed E-state index contributed by atoms with van der Waals surface area (Å²) in [6.45, 7) is 1.95. The molecule has 100 valence electrons. The van der Waals surface area contributed by atoms with E-state index in [0.717, 1.165) is 0 Å². The Morgan fingerprint density at radius 1 is 1.33 bits per heavy atom. The average Bonchev–Trinajstić information content (AvgIpc) is 2.28. The van der Waals surface area contributed by atoms with Gasteiger partial charge in [0.05, 0.1) is 23.9 Å². The molecule has 1 aliphatic heterocycles. The molecule has 0 spiro atoms. The van der Waals surface area contributed by atoms with Gasteiger partial charge < -0.3 is 10.5 Å². The van der Waals surface area contributed by atoms with Crippen LogP contribution >= 0.6 is 11.6 Å². The Hall–Kier alpha value is -0.860. The Labute approximate surface area is 111 Å². The Bertz CT molecular complexity index is 509. The number of rotatable bonds is 3. The van der Waals surface area contributed by atoms with Crippen LogP contribution in [0.5, 0.6) is 0 Å². The van der Waals surface area contributed by atoms with Crippen molar-refractivity contribution in [1.29, 1.82) is 0 Å². The third-order valence-electron chi connectivity index (χ3n) is 2.53. The van der Waals surface area contributed by atoms with Gasteiger partial charge in [-0.2, -0.15) is 0 Å².